The number of piperidine rings is 1. The van der Waals surface area contributed by atoms with E-state index in [0.29, 0.717) is 11.7 Å². The highest BCUT2D eigenvalue weighted by molar-refractivity contribution is 5.63. The van der Waals surface area contributed by atoms with Crippen molar-refractivity contribution in [3.8, 4) is 11.3 Å². The molecule has 1 saturated heterocycles. The first-order chi connectivity index (χ1) is 12.4. The smallest absolute Gasteiger partial charge is 0.150 e. The van der Waals surface area contributed by atoms with Crippen LogP contribution in [0.5, 0.6) is 0 Å². The van der Waals surface area contributed by atoms with E-state index in [2.05, 4.69) is 44.9 Å². The Balaban J connectivity index is 1.58. The summed E-state index contributed by atoms with van der Waals surface area (Å²) in [7, 11) is 0. The average Bonchev–Trinajstić information content (AvgIpc) is 2.70. The van der Waals surface area contributed by atoms with E-state index in [1.165, 1.54) is 18.4 Å². The summed E-state index contributed by atoms with van der Waals surface area (Å²) in [5.41, 5.74) is 3.52. The largest absolute Gasteiger partial charge is 0.324 e. The van der Waals surface area contributed by atoms with Crippen LogP contribution in [0, 0.1) is 0 Å². The number of nitrogens with one attached hydrogen (secondary N) is 2. The Hall–Kier alpha value is -2.79. The molecule has 1 aliphatic rings. The zero-order valence-corrected chi connectivity index (χ0v) is 14.0. The first-order valence-corrected chi connectivity index (χ1v) is 8.70. The van der Waals surface area contributed by atoms with E-state index in [1.807, 2.05) is 18.2 Å². The second kappa shape index (κ2) is 7.40. The fourth-order valence-electron chi connectivity index (χ4n) is 3.27. The van der Waals surface area contributed by atoms with E-state index < -0.39 is 0 Å². The van der Waals surface area contributed by atoms with Gasteiger partial charge in [-0.05, 0) is 55.6 Å². The van der Waals surface area contributed by atoms with Gasteiger partial charge in [0.2, 0.25) is 0 Å². The molecule has 0 aliphatic carbocycles. The molecule has 0 bridgehead atoms. The van der Waals surface area contributed by atoms with Gasteiger partial charge in [-0.2, -0.15) is 0 Å². The summed E-state index contributed by atoms with van der Waals surface area (Å²) in [5.74, 6) is 2.10. The van der Waals surface area contributed by atoms with E-state index in [4.69, 9.17) is 4.98 Å². The molecule has 3 aromatic rings. The Labute approximate surface area is 147 Å². The van der Waals surface area contributed by atoms with Crippen molar-refractivity contribution in [2.24, 2.45) is 0 Å². The molecule has 25 heavy (non-hydrogen) atoms. The molecule has 0 unspecified atom stereocenters. The van der Waals surface area contributed by atoms with Crippen molar-refractivity contribution < 1.29 is 0 Å². The van der Waals surface area contributed by atoms with Crippen LogP contribution in [0.15, 0.2) is 61.1 Å². The third kappa shape index (κ3) is 3.83. The van der Waals surface area contributed by atoms with Crippen molar-refractivity contribution in [3.05, 3.63) is 66.6 Å². The number of aromatic nitrogens is 3. The Kier molecular flexibility index (Phi) is 4.65. The molecule has 2 N–H and O–H groups in total. The van der Waals surface area contributed by atoms with Gasteiger partial charge in [0.25, 0.3) is 0 Å². The average molecular weight is 331 g/mol. The van der Waals surface area contributed by atoms with Gasteiger partial charge >= 0.3 is 0 Å². The molecule has 5 heteroatoms. The molecule has 5 nitrogen and oxygen atoms in total. The number of anilines is 2. The van der Waals surface area contributed by atoms with Gasteiger partial charge in [-0.15, -0.1) is 0 Å². The van der Waals surface area contributed by atoms with E-state index >= 15 is 0 Å². The lowest BCUT2D eigenvalue weighted by molar-refractivity contribution is 0.460. The summed E-state index contributed by atoms with van der Waals surface area (Å²) in [6, 6.07) is 14.8. The van der Waals surface area contributed by atoms with Crippen LogP contribution in [0.25, 0.3) is 11.3 Å². The molecule has 0 radical (unpaired) electrons. The molecule has 0 saturated carbocycles. The van der Waals surface area contributed by atoms with E-state index in [9.17, 15) is 0 Å². The van der Waals surface area contributed by atoms with Crippen molar-refractivity contribution in [1.82, 2.24) is 20.3 Å². The third-order valence-electron chi connectivity index (χ3n) is 4.56. The summed E-state index contributed by atoms with van der Waals surface area (Å²) in [6.07, 6.45) is 7.40. The lowest BCUT2D eigenvalue weighted by Gasteiger charge is -2.23. The van der Waals surface area contributed by atoms with Crippen LogP contribution in [0.2, 0.25) is 0 Å². The molecular weight excluding hydrogens is 310 g/mol. The van der Waals surface area contributed by atoms with Crippen LogP contribution in [-0.4, -0.2) is 28.0 Å². The monoisotopic (exact) mass is 331 g/mol. The predicted octanol–water partition coefficient (Wildman–Crippen LogP) is 3.75. The first kappa shape index (κ1) is 15.7. The number of benzene rings is 1. The van der Waals surface area contributed by atoms with Crippen molar-refractivity contribution in [3.63, 3.8) is 0 Å². The van der Waals surface area contributed by atoms with Gasteiger partial charge in [-0.25, -0.2) is 9.97 Å². The van der Waals surface area contributed by atoms with Crippen LogP contribution < -0.4 is 10.6 Å². The molecule has 0 atom stereocenters. The topological polar surface area (TPSA) is 62.7 Å². The molecule has 2 aromatic heterocycles. The Morgan fingerprint density at radius 2 is 1.84 bits per heavy atom. The number of hydrogen-bond donors (Lipinski definition) is 2. The summed E-state index contributed by atoms with van der Waals surface area (Å²) >= 11 is 0. The lowest BCUT2D eigenvalue weighted by Crippen LogP contribution is -2.26. The lowest BCUT2D eigenvalue weighted by atomic mass is 9.89. The quantitative estimate of drug-likeness (QED) is 0.762. The van der Waals surface area contributed by atoms with Gasteiger partial charge < -0.3 is 10.6 Å². The minimum atomic E-state index is 0.641. The summed E-state index contributed by atoms with van der Waals surface area (Å²) in [5, 5.41) is 6.63. The zero-order valence-electron chi connectivity index (χ0n) is 14.0. The van der Waals surface area contributed by atoms with Crippen LogP contribution in [0.4, 0.5) is 11.6 Å². The summed E-state index contributed by atoms with van der Waals surface area (Å²) in [6.45, 7) is 2.20. The highest BCUT2D eigenvalue weighted by Crippen LogP contribution is 2.29. The fraction of sp³-hybridized carbons (Fsp3) is 0.250. The van der Waals surface area contributed by atoms with E-state index in [1.54, 1.807) is 18.6 Å². The minimum absolute atomic E-state index is 0.641. The predicted molar refractivity (Wildman–Crippen MR) is 99.8 cm³/mol. The van der Waals surface area contributed by atoms with E-state index in [0.717, 1.165) is 30.2 Å². The van der Waals surface area contributed by atoms with Gasteiger partial charge in [-0.3, -0.25) is 4.98 Å². The van der Waals surface area contributed by atoms with Crippen LogP contribution in [0.3, 0.4) is 0 Å². The molecular formula is C20H21N5. The van der Waals surface area contributed by atoms with Gasteiger partial charge in [0.1, 0.15) is 11.6 Å². The number of hydrogen-bond acceptors (Lipinski definition) is 5. The molecule has 1 fully saturated rings. The second-order valence-corrected chi connectivity index (χ2v) is 6.27. The molecule has 0 amide bonds. The zero-order chi connectivity index (χ0) is 16.9. The molecule has 0 spiro atoms. The summed E-state index contributed by atoms with van der Waals surface area (Å²) in [4.78, 5) is 13.0. The Bertz CT molecular complexity index is 828. The standard InChI is InChI=1S/C20H21N5/c1-3-16(15-7-9-21-10-8-15)13-17(4-1)18-5-2-6-19(24-18)25-20-14-22-11-12-23-20/h1-6,11-15,21H,7-10H2,(H,23,24,25). The van der Waals surface area contributed by atoms with Crippen molar-refractivity contribution in [1.29, 1.82) is 0 Å². The molecule has 126 valence electrons. The molecule has 1 aliphatic heterocycles. The van der Waals surface area contributed by atoms with Crippen LogP contribution >= 0.6 is 0 Å². The highest BCUT2D eigenvalue weighted by Gasteiger charge is 2.15. The SMILES string of the molecule is c1cc(-c2cccc(Nc3cnccn3)n2)cc(C2CCNCC2)c1. The maximum absolute atomic E-state index is 4.73. The van der Waals surface area contributed by atoms with Crippen LogP contribution in [0.1, 0.15) is 24.3 Å². The molecule has 1 aromatic carbocycles. The number of rotatable bonds is 4. The third-order valence-corrected chi connectivity index (χ3v) is 4.56. The molecule has 4 rings (SSSR count). The van der Waals surface area contributed by atoms with Crippen molar-refractivity contribution in [2.45, 2.75) is 18.8 Å². The maximum atomic E-state index is 4.73. The summed E-state index contributed by atoms with van der Waals surface area (Å²) < 4.78 is 0. The second-order valence-electron chi connectivity index (χ2n) is 6.27. The maximum Gasteiger partial charge on any atom is 0.150 e. The fourth-order valence-corrected chi connectivity index (χ4v) is 3.27. The van der Waals surface area contributed by atoms with Gasteiger partial charge in [0.05, 0.1) is 11.9 Å². The normalized spacial score (nSPS) is 15.0. The highest BCUT2D eigenvalue weighted by atomic mass is 15.1. The number of nitrogens with zero attached hydrogens (tertiary/aromatic N) is 3. The van der Waals surface area contributed by atoms with Crippen molar-refractivity contribution in [2.75, 3.05) is 18.4 Å². The van der Waals surface area contributed by atoms with Crippen LogP contribution in [-0.2, 0) is 0 Å². The Morgan fingerprint density at radius 3 is 2.68 bits per heavy atom. The van der Waals surface area contributed by atoms with Gasteiger partial charge in [0, 0.05) is 18.0 Å². The van der Waals surface area contributed by atoms with Gasteiger partial charge in [0.15, 0.2) is 0 Å². The molecule has 3 heterocycles. The Morgan fingerprint density at radius 1 is 0.960 bits per heavy atom. The van der Waals surface area contributed by atoms with Gasteiger partial charge in [-0.1, -0.05) is 24.3 Å². The van der Waals surface area contributed by atoms with Crippen molar-refractivity contribution >= 4 is 11.6 Å². The number of pyridine rings is 1. The van der Waals surface area contributed by atoms with E-state index in [-0.39, 0.29) is 0 Å². The first-order valence-electron chi connectivity index (χ1n) is 8.70. The minimum Gasteiger partial charge on any atom is -0.324 e.